The van der Waals surface area contributed by atoms with Gasteiger partial charge in [-0.25, -0.2) is 4.79 Å². The Kier molecular flexibility index (Phi) is 5.42. The van der Waals surface area contributed by atoms with Crippen LogP contribution in [0.25, 0.3) is 22.1 Å². The number of hydrogen-bond acceptors (Lipinski definition) is 5. The zero-order chi connectivity index (χ0) is 21.5. The van der Waals surface area contributed by atoms with Crippen molar-refractivity contribution in [3.05, 3.63) is 62.9 Å². The average Bonchev–Trinajstić information content (AvgIpc) is 3.23. The molecule has 3 aromatic rings. The number of alkyl halides is 3. The molecule has 2 heterocycles. The van der Waals surface area contributed by atoms with Gasteiger partial charge in [-0.15, -0.1) is 0 Å². The van der Waals surface area contributed by atoms with Crippen molar-refractivity contribution in [2.24, 2.45) is 0 Å². The number of ether oxygens (including phenoxy) is 2. The molecule has 1 aliphatic heterocycles. The number of hydrogen-bond donors (Lipinski definition) is 0. The van der Waals surface area contributed by atoms with Crippen molar-refractivity contribution < 1.29 is 31.9 Å². The first-order valence-electron chi connectivity index (χ1n) is 9.01. The van der Waals surface area contributed by atoms with E-state index in [1.54, 1.807) is 0 Å². The van der Waals surface area contributed by atoms with Gasteiger partial charge in [-0.3, -0.25) is 4.79 Å². The Balaban J connectivity index is 1.82. The Morgan fingerprint density at radius 3 is 2.50 bits per heavy atom. The summed E-state index contributed by atoms with van der Waals surface area (Å²) in [5.74, 6) is -2.09. The smallest absolute Gasteiger partial charge is 0.450 e. The van der Waals surface area contributed by atoms with Gasteiger partial charge in [-0.05, 0) is 42.7 Å². The molecule has 0 radical (unpaired) electrons. The van der Waals surface area contributed by atoms with E-state index in [0.717, 1.165) is 12.5 Å². The molecule has 0 aliphatic carbocycles. The van der Waals surface area contributed by atoms with Gasteiger partial charge in [0.2, 0.25) is 11.2 Å². The summed E-state index contributed by atoms with van der Waals surface area (Å²) in [6, 6.07) is 9.58. The van der Waals surface area contributed by atoms with Gasteiger partial charge in [-0.2, -0.15) is 13.2 Å². The topological polar surface area (TPSA) is 65.7 Å². The number of carbonyl (C=O) groups is 1. The Labute approximate surface area is 176 Å². The first-order chi connectivity index (χ1) is 14.2. The summed E-state index contributed by atoms with van der Waals surface area (Å²) >= 11 is 3.21. The van der Waals surface area contributed by atoms with Crippen LogP contribution in [0.2, 0.25) is 0 Å². The van der Waals surface area contributed by atoms with Crippen LogP contribution in [0.5, 0.6) is 5.75 Å². The minimum atomic E-state index is -4.90. The van der Waals surface area contributed by atoms with Crippen LogP contribution in [0, 0.1) is 0 Å². The maximum Gasteiger partial charge on any atom is 0.450 e. The molecule has 0 amide bonds. The summed E-state index contributed by atoms with van der Waals surface area (Å²) in [6.07, 6.45) is -4.38. The Morgan fingerprint density at radius 1 is 1.13 bits per heavy atom. The molecule has 0 N–H and O–H groups in total. The van der Waals surface area contributed by atoms with E-state index >= 15 is 0 Å². The molecule has 9 heteroatoms. The van der Waals surface area contributed by atoms with E-state index in [0.29, 0.717) is 17.5 Å². The van der Waals surface area contributed by atoms with Crippen LogP contribution in [0.15, 0.2) is 56.1 Å². The Bertz CT molecular complexity index is 1160. The van der Waals surface area contributed by atoms with Crippen LogP contribution in [0.3, 0.4) is 0 Å². The van der Waals surface area contributed by atoms with Crippen LogP contribution < -0.4 is 10.2 Å². The molecule has 1 fully saturated rings. The highest BCUT2D eigenvalue weighted by Gasteiger charge is 2.39. The lowest BCUT2D eigenvalue weighted by Gasteiger charge is -2.14. The number of rotatable bonds is 3. The van der Waals surface area contributed by atoms with Gasteiger partial charge in [-0.1, -0.05) is 28.1 Å². The fourth-order valence-corrected chi connectivity index (χ4v) is 3.53. The summed E-state index contributed by atoms with van der Waals surface area (Å²) in [4.78, 5) is 25.0. The second-order valence-corrected chi connectivity index (χ2v) is 7.64. The Hall–Kier alpha value is -2.65. The lowest BCUT2D eigenvalue weighted by atomic mass is 10.0. The third-order valence-corrected chi connectivity index (χ3v) is 5.19. The molecule has 5 nitrogen and oxygen atoms in total. The minimum Gasteiger partial charge on any atom is -0.450 e. The van der Waals surface area contributed by atoms with E-state index in [9.17, 15) is 22.8 Å². The van der Waals surface area contributed by atoms with E-state index in [1.165, 1.54) is 36.4 Å². The second-order valence-electron chi connectivity index (χ2n) is 6.72. The summed E-state index contributed by atoms with van der Waals surface area (Å²) in [5, 5.41) is -0.0576. The zero-order valence-electron chi connectivity index (χ0n) is 15.3. The molecule has 0 saturated carbocycles. The highest BCUT2D eigenvalue weighted by atomic mass is 79.9. The van der Waals surface area contributed by atoms with Crippen molar-refractivity contribution in [2.75, 3.05) is 6.61 Å². The molecule has 0 bridgehead atoms. The van der Waals surface area contributed by atoms with Crippen molar-refractivity contribution in [2.45, 2.75) is 25.1 Å². The molecule has 1 aliphatic rings. The fraction of sp³-hybridized carbons (Fsp3) is 0.238. The molecule has 1 atom stereocenters. The largest absolute Gasteiger partial charge is 0.450 e. The van der Waals surface area contributed by atoms with Gasteiger partial charge >= 0.3 is 12.1 Å². The third-order valence-electron chi connectivity index (χ3n) is 4.67. The fourth-order valence-electron chi connectivity index (χ4n) is 3.26. The number of carbonyl (C=O) groups excluding carboxylic acids is 1. The summed E-state index contributed by atoms with van der Waals surface area (Å²) < 4.78 is 57.3. The van der Waals surface area contributed by atoms with Crippen LogP contribution in [0.4, 0.5) is 13.2 Å². The predicted molar refractivity (Wildman–Crippen MR) is 105 cm³/mol. The van der Waals surface area contributed by atoms with Gasteiger partial charge in [0.1, 0.15) is 11.3 Å². The number of halogens is 4. The van der Waals surface area contributed by atoms with Gasteiger partial charge in [0.15, 0.2) is 6.10 Å². The van der Waals surface area contributed by atoms with E-state index < -0.39 is 35.0 Å². The van der Waals surface area contributed by atoms with Gasteiger partial charge in [0.25, 0.3) is 0 Å². The number of benzene rings is 2. The van der Waals surface area contributed by atoms with E-state index in [4.69, 9.17) is 13.9 Å². The maximum absolute atomic E-state index is 13.7. The molecule has 4 rings (SSSR count). The number of fused-ring (bicyclic) bond motifs is 1. The molecule has 1 aromatic heterocycles. The van der Waals surface area contributed by atoms with Crippen molar-refractivity contribution in [1.29, 1.82) is 0 Å². The lowest BCUT2D eigenvalue weighted by molar-refractivity contribution is -0.152. The second kappa shape index (κ2) is 7.88. The molecular weight excluding hydrogens is 469 g/mol. The highest BCUT2D eigenvalue weighted by Crippen LogP contribution is 2.38. The average molecular weight is 483 g/mol. The molecule has 1 saturated heterocycles. The minimum absolute atomic E-state index is 0.0318. The summed E-state index contributed by atoms with van der Waals surface area (Å²) in [7, 11) is 0. The van der Waals surface area contributed by atoms with E-state index in [2.05, 4.69) is 15.9 Å². The monoisotopic (exact) mass is 482 g/mol. The zero-order valence-corrected chi connectivity index (χ0v) is 16.9. The first-order valence-corrected chi connectivity index (χ1v) is 9.80. The third kappa shape index (κ3) is 3.99. The van der Waals surface area contributed by atoms with Gasteiger partial charge < -0.3 is 13.9 Å². The summed E-state index contributed by atoms with van der Waals surface area (Å²) in [5.41, 5.74) is -1.66. The normalized spacial score (nSPS) is 16.7. The van der Waals surface area contributed by atoms with E-state index in [1.807, 2.05) is 0 Å². The standard InChI is InChI=1S/C21H14BrF3O5/c22-12-5-3-11(4-6-12)17-18(26)14-8-7-13(29-20(27)15-2-1-9-28-15)10-16(14)30-19(17)21(23,24)25/h3-8,10,15H,1-2,9H2. The van der Waals surface area contributed by atoms with Crippen molar-refractivity contribution >= 4 is 32.9 Å². The highest BCUT2D eigenvalue weighted by molar-refractivity contribution is 9.10. The predicted octanol–water partition coefficient (Wildman–Crippen LogP) is 5.33. The molecule has 0 spiro atoms. The molecule has 2 aromatic carbocycles. The van der Waals surface area contributed by atoms with E-state index in [-0.39, 0.29) is 22.3 Å². The molecule has 156 valence electrons. The first kappa shape index (κ1) is 20.6. The van der Waals surface area contributed by atoms with Crippen LogP contribution in [-0.2, 0) is 15.7 Å². The van der Waals surface area contributed by atoms with Crippen LogP contribution in [-0.4, -0.2) is 18.7 Å². The van der Waals surface area contributed by atoms with Crippen molar-refractivity contribution in [3.63, 3.8) is 0 Å². The van der Waals surface area contributed by atoms with Crippen LogP contribution in [0.1, 0.15) is 18.6 Å². The van der Waals surface area contributed by atoms with Crippen molar-refractivity contribution in [1.82, 2.24) is 0 Å². The van der Waals surface area contributed by atoms with Crippen LogP contribution >= 0.6 is 15.9 Å². The molecule has 1 unspecified atom stereocenters. The molecule has 30 heavy (non-hydrogen) atoms. The quantitative estimate of drug-likeness (QED) is 0.373. The lowest BCUT2D eigenvalue weighted by Crippen LogP contribution is -2.24. The maximum atomic E-state index is 13.7. The SMILES string of the molecule is O=C(Oc1ccc2c(=O)c(-c3ccc(Br)cc3)c(C(F)(F)F)oc2c1)C1CCCO1. The van der Waals surface area contributed by atoms with Crippen molar-refractivity contribution in [3.8, 4) is 16.9 Å². The number of esters is 1. The van der Waals surface area contributed by atoms with Gasteiger partial charge in [0, 0.05) is 17.1 Å². The van der Waals surface area contributed by atoms with Gasteiger partial charge in [0.05, 0.1) is 10.9 Å². The molecular formula is C21H14BrF3O5. The Morgan fingerprint density at radius 2 is 1.87 bits per heavy atom. The summed E-state index contributed by atoms with van der Waals surface area (Å²) in [6.45, 7) is 0.445.